The van der Waals surface area contributed by atoms with Crippen molar-refractivity contribution in [3.05, 3.63) is 0 Å². The van der Waals surface area contributed by atoms with E-state index in [1.807, 2.05) is 36.4 Å². The summed E-state index contributed by atoms with van der Waals surface area (Å²) in [5.74, 6) is 0.00250. The van der Waals surface area contributed by atoms with E-state index in [0.717, 1.165) is 6.42 Å². The van der Waals surface area contributed by atoms with Gasteiger partial charge in [0.25, 0.3) is 5.91 Å². The summed E-state index contributed by atoms with van der Waals surface area (Å²) in [4.78, 5) is 10.7. The van der Waals surface area contributed by atoms with Crippen LogP contribution in [0, 0.1) is 5.92 Å². The van der Waals surface area contributed by atoms with Crippen LogP contribution in [0.5, 0.6) is 0 Å². The van der Waals surface area contributed by atoms with Gasteiger partial charge < -0.3 is 0 Å². The van der Waals surface area contributed by atoms with Crippen molar-refractivity contribution in [2.24, 2.45) is 5.92 Å². The molecule has 0 saturated heterocycles. The van der Waals surface area contributed by atoms with Gasteiger partial charge >= 0.3 is 0 Å². The second-order valence-corrected chi connectivity index (χ2v) is 3.61. The third-order valence-corrected chi connectivity index (χ3v) is 3.30. The number of carbonyl (C=O) groups excluding carboxylic acids is 1. The van der Waals surface area contributed by atoms with Crippen LogP contribution >= 0.6 is 22.6 Å². The normalized spacial score (nSPS) is 16.0. The first kappa shape index (κ1) is 10.2. The maximum atomic E-state index is 10.7. The second-order valence-electron chi connectivity index (χ2n) is 2.26. The van der Waals surface area contributed by atoms with Crippen molar-refractivity contribution in [2.75, 3.05) is 0 Å². The SMILES string of the molecule is CC[C@@H](C)[C@H](I)C(=O)NO. The molecule has 1 amide bonds. The Hall–Kier alpha value is 0.160. The minimum atomic E-state index is -0.310. The van der Waals surface area contributed by atoms with E-state index in [4.69, 9.17) is 5.21 Å². The van der Waals surface area contributed by atoms with E-state index >= 15 is 0 Å². The maximum absolute atomic E-state index is 10.7. The van der Waals surface area contributed by atoms with E-state index in [2.05, 4.69) is 0 Å². The van der Waals surface area contributed by atoms with Gasteiger partial charge in [-0.15, -0.1) is 0 Å². The van der Waals surface area contributed by atoms with Crippen LogP contribution in [0.2, 0.25) is 0 Å². The standard InChI is InChI=1S/C6H12INO2/c1-3-4(2)5(7)6(9)8-10/h4-5,10H,3H2,1-2H3,(H,8,9)/t4-,5+/m1/s1. The van der Waals surface area contributed by atoms with Crippen LogP contribution in [-0.2, 0) is 4.79 Å². The average Bonchev–Trinajstić information content (AvgIpc) is 2.00. The van der Waals surface area contributed by atoms with Gasteiger partial charge in [-0.25, -0.2) is 5.48 Å². The first-order valence-electron chi connectivity index (χ1n) is 3.21. The van der Waals surface area contributed by atoms with Crippen LogP contribution in [0.15, 0.2) is 0 Å². The van der Waals surface area contributed by atoms with Crippen molar-refractivity contribution in [3.8, 4) is 0 Å². The molecular weight excluding hydrogens is 245 g/mol. The summed E-state index contributed by atoms with van der Waals surface area (Å²) in [5, 5.41) is 8.25. The van der Waals surface area contributed by atoms with E-state index in [9.17, 15) is 4.79 Å². The van der Waals surface area contributed by atoms with E-state index in [1.165, 1.54) is 0 Å². The van der Waals surface area contributed by atoms with E-state index in [-0.39, 0.29) is 9.83 Å². The van der Waals surface area contributed by atoms with Gasteiger partial charge in [-0.3, -0.25) is 10.0 Å². The molecule has 0 heterocycles. The van der Waals surface area contributed by atoms with Crippen molar-refractivity contribution in [2.45, 2.75) is 24.2 Å². The van der Waals surface area contributed by atoms with Gasteiger partial charge in [-0.1, -0.05) is 42.9 Å². The predicted octanol–water partition coefficient (Wildman–Crippen LogP) is 1.34. The van der Waals surface area contributed by atoms with E-state index in [0.29, 0.717) is 5.92 Å². The van der Waals surface area contributed by atoms with Crippen LogP contribution in [-0.4, -0.2) is 15.0 Å². The van der Waals surface area contributed by atoms with Crippen LogP contribution in [0.25, 0.3) is 0 Å². The molecule has 10 heavy (non-hydrogen) atoms. The summed E-state index contributed by atoms with van der Waals surface area (Å²) in [6.45, 7) is 3.99. The lowest BCUT2D eigenvalue weighted by atomic mass is 10.1. The Kier molecular flexibility index (Phi) is 4.98. The zero-order valence-electron chi connectivity index (χ0n) is 6.10. The molecule has 2 atom stereocenters. The van der Waals surface area contributed by atoms with Crippen molar-refractivity contribution < 1.29 is 10.0 Å². The highest BCUT2D eigenvalue weighted by atomic mass is 127. The zero-order chi connectivity index (χ0) is 8.15. The lowest BCUT2D eigenvalue weighted by Crippen LogP contribution is -2.32. The Morgan fingerprint density at radius 2 is 2.30 bits per heavy atom. The molecule has 0 aliphatic rings. The number of hydrogen-bond acceptors (Lipinski definition) is 2. The predicted molar refractivity (Wildman–Crippen MR) is 47.2 cm³/mol. The number of amides is 1. The van der Waals surface area contributed by atoms with E-state index in [1.54, 1.807) is 5.48 Å². The fraction of sp³-hybridized carbons (Fsp3) is 0.833. The van der Waals surface area contributed by atoms with Gasteiger partial charge in [0.15, 0.2) is 0 Å². The summed E-state index contributed by atoms with van der Waals surface area (Å²) in [6, 6.07) is 0. The lowest BCUT2D eigenvalue weighted by molar-refractivity contribution is -0.129. The van der Waals surface area contributed by atoms with Crippen LogP contribution < -0.4 is 5.48 Å². The molecule has 4 heteroatoms. The smallest absolute Gasteiger partial charge is 0.256 e. The van der Waals surface area contributed by atoms with Gasteiger partial charge in [0.2, 0.25) is 0 Å². The maximum Gasteiger partial charge on any atom is 0.256 e. The summed E-state index contributed by atoms with van der Waals surface area (Å²) >= 11 is 2.02. The Morgan fingerprint density at radius 3 is 2.60 bits per heavy atom. The van der Waals surface area contributed by atoms with Crippen molar-refractivity contribution in [1.82, 2.24) is 5.48 Å². The number of nitrogens with one attached hydrogen (secondary N) is 1. The molecule has 0 saturated carbocycles. The molecule has 2 N–H and O–H groups in total. The molecule has 0 bridgehead atoms. The number of hydrogen-bond donors (Lipinski definition) is 2. The monoisotopic (exact) mass is 257 g/mol. The Labute approximate surface area is 74.3 Å². The molecular formula is C6H12INO2. The molecule has 0 aromatic carbocycles. The molecule has 0 radical (unpaired) electrons. The zero-order valence-corrected chi connectivity index (χ0v) is 8.25. The molecule has 60 valence electrons. The highest BCUT2D eigenvalue weighted by Crippen LogP contribution is 2.16. The van der Waals surface area contributed by atoms with Crippen LogP contribution in [0.3, 0.4) is 0 Å². The first-order chi connectivity index (χ1) is 4.63. The largest absolute Gasteiger partial charge is 0.289 e. The molecule has 0 aliphatic heterocycles. The minimum Gasteiger partial charge on any atom is -0.289 e. The quantitative estimate of drug-likeness (QED) is 0.347. The third-order valence-electron chi connectivity index (χ3n) is 1.50. The number of alkyl halides is 1. The van der Waals surface area contributed by atoms with E-state index < -0.39 is 0 Å². The third kappa shape index (κ3) is 2.83. The highest BCUT2D eigenvalue weighted by molar-refractivity contribution is 14.1. The Morgan fingerprint density at radius 1 is 1.80 bits per heavy atom. The number of halogens is 1. The number of rotatable bonds is 3. The lowest BCUT2D eigenvalue weighted by Gasteiger charge is -2.13. The van der Waals surface area contributed by atoms with Gasteiger partial charge in [-0.05, 0) is 5.92 Å². The van der Waals surface area contributed by atoms with Gasteiger partial charge in [0, 0.05) is 0 Å². The summed E-state index contributed by atoms with van der Waals surface area (Å²) in [7, 11) is 0. The van der Waals surface area contributed by atoms with Gasteiger partial charge in [0.05, 0.1) is 3.92 Å². The van der Waals surface area contributed by atoms with Crippen LogP contribution in [0.1, 0.15) is 20.3 Å². The summed E-state index contributed by atoms with van der Waals surface area (Å²) in [6.07, 6.45) is 0.945. The second kappa shape index (κ2) is 4.90. The fourth-order valence-corrected chi connectivity index (χ4v) is 1.17. The van der Waals surface area contributed by atoms with Crippen molar-refractivity contribution in [1.29, 1.82) is 0 Å². The first-order valence-corrected chi connectivity index (χ1v) is 4.46. The topological polar surface area (TPSA) is 49.3 Å². The molecule has 0 rings (SSSR count). The summed E-state index contributed by atoms with van der Waals surface area (Å²) in [5.41, 5.74) is 1.63. The average molecular weight is 257 g/mol. The van der Waals surface area contributed by atoms with Gasteiger partial charge in [0.1, 0.15) is 0 Å². The molecule has 0 spiro atoms. The van der Waals surface area contributed by atoms with Gasteiger partial charge in [-0.2, -0.15) is 0 Å². The van der Waals surface area contributed by atoms with Crippen molar-refractivity contribution in [3.63, 3.8) is 0 Å². The minimum absolute atomic E-state index is 0.132. The Bertz CT molecular complexity index is 118. The molecule has 0 aromatic heterocycles. The van der Waals surface area contributed by atoms with Crippen molar-refractivity contribution >= 4 is 28.5 Å². The Balaban J connectivity index is 3.81. The number of hydroxylamine groups is 1. The fourth-order valence-electron chi connectivity index (χ4n) is 0.527. The molecule has 0 aliphatic carbocycles. The highest BCUT2D eigenvalue weighted by Gasteiger charge is 2.19. The summed E-state index contributed by atoms with van der Waals surface area (Å²) < 4.78 is -0.132. The molecule has 3 nitrogen and oxygen atoms in total. The molecule has 0 fully saturated rings. The van der Waals surface area contributed by atoms with Crippen LogP contribution in [0.4, 0.5) is 0 Å². The molecule has 0 unspecified atom stereocenters. The number of carbonyl (C=O) groups is 1. The molecule has 0 aromatic rings.